The highest BCUT2D eigenvalue weighted by atomic mass is 15.0. The second kappa shape index (κ2) is 6.41. The molecule has 0 aliphatic heterocycles. The van der Waals surface area contributed by atoms with Crippen molar-refractivity contribution < 1.29 is 0 Å². The van der Waals surface area contributed by atoms with Crippen molar-refractivity contribution in [3.63, 3.8) is 0 Å². The molecule has 0 aromatic rings. The molecule has 0 aromatic carbocycles. The second-order valence-corrected chi connectivity index (χ2v) is 7.73. The minimum atomic E-state index is 0.362. The van der Waals surface area contributed by atoms with Gasteiger partial charge in [0.25, 0.3) is 0 Å². The van der Waals surface area contributed by atoms with E-state index in [0.29, 0.717) is 11.0 Å². The summed E-state index contributed by atoms with van der Waals surface area (Å²) in [6.07, 6.45) is 8.20. The van der Waals surface area contributed by atoms with E-state index in [1.54, 1.807) is 0 Å². The van der Waals surface area contributed by atoms with Gasteiger partial charge in [0.2, 0.25) is 0 Å². The fourth-order valence-corrected chi connectivity index (χ4v) is 3.12. The van der Waals surface area contributed by atoms with E-state index in [0.717, 1.165) is 11.8 Å². The van der Waals surface area contributed by atoms with Crippen LogP contribution >= 0.6 is 0 Å². The second-order valence-electron chi connectivity index (χ2n) is 7.73. The molecule has 108 valence electrons. The molecule has 1 aliphatic rings. The molecule has 1 rings (SSSR count). The third-order valence-electron chi connectivity index (χ3n) is 5.45. The largest absolute Gasteiger partial charge is 0.311 e. The number of hydrogen-bond acceptors (Lipinski definition) is 1. The summed E-state index contributed by atoms with van der Waals surface area (Å²) in [6, 6.07) is 0. The van der Waals surface area contributed by atoms with Crippen molar-refractivity contribution >= 4 is 0 Å². The highest BCUT2D eigenvalue weighted by molar-refractivity contribution is 4.84. The molecule has 18 heavy (non-hydrogen) atoms. The van der Waals surface area contributed by atoms with Crippen molar-refractivity contribution in [2.45, 2.75) is 85.6 Å². The topological polar surface area (TPSA) is 12.0 Å². The minimum Gasteiger partial charge on any atom is -0.311 e. The number of nitrogens with one attached hydrogen (secondary N) is 1. The Bertz CT molecular complexity index is 226. The Morgan fingerprint density at radius 1 is 0.889 bits per heavy atom. The minimum absolute atomic E-state index is 0.362. The lowest BCUT2D eigenvalue weighted by Gasteiger charge is -2.38. The molecule has 0 bridgehead atoms. The van der Waals surface area contributed by atoms with Gasteiger partial charge in [-0.2, -0.15) is 0 Å². The standard InChI is InChI=1S/C17H35N/c1-7-17(6,8-2)18-13-14-9-11-15(12-10-14)16(3,4)5/h14-15,18H,7-13H2,1-6H3. The van der Waals surface area contributed by atoms with Crippen molar-refractivity contribution in [1.82, 2.24) is 5.32 Å². The summed E-state index contributed by atoms with van der Waals surface area (Å²) in [5.41, 5.74) is 0.876. The quantitative estimate of drug-likeness (QED) is 0.726. The molecule has 0 saturated heterocycles. The summed E-state index contributed by atoms with van der Waals surface area (Å²) in [5.74, 6) is 1.86. The Labute approximate surface area is 115 Å². The first-order valence-corrected chi connectivity index (χ1v) is 8.05. The van der Waals surface area contributed by atoms with Gasteiger partial charge >= 0.3 is 0 Å². The van der Waals surface area contributed by atoms with Gasteiger partial charge in [-0.1, -0.05) is 34.6 Å². The highest BCUT2D eigenvalue weighted by Crippen LogP contribution is 2.39. The lowest BCUT2D eigenvalue weighted by molar-refractivity contribution is 0.143. The van der Waals surface area contributed by atoms with E-state index in [4.69, 9.17) is 0 Å². The van der Waals surface area contributed by atoms with Crippen LogP contribution in [0.5, 0.6) is 0 Å². The molecule has 1 N–H and O–H groups in total. The maximum absolute atomic E-state index is 3.82. The third kappa shape index (κ3) is 4.57. The summed E-state index contributed by atoms with van der Waals surface area (Å²) >= 11 is 0. The van der Waals surface area contributed by atoms with Gasteiger partial charge in [0, 0.05) is 5.54 Å². The van der Waals surface area contributed by atoms with Crippen LogP contribution < -0.4 is 5.32 Å². The Kier molecular flexibility index (Phi) is 5.70. The van der Waals surface area contributed by atoms with Gasteiger partial charge in [-0.05, 0) is 69.2 Å². The van der Waals surface area contributed by atoms with Crippen molar-refractivity contribution in [3.8, 4) is 0 Å². The van der Waals surface area contributed by atoms with Crippen LogP contribution in [0, 0.1) is 17.3 Å². The molecule has 1 fully saturated rings. The van der Waals surface area contributed by atoms with Gasteiger partial charge in [0.05, 0.1) is 0 Å². The van der Waals surface area contributed by atoms with Crippen LogP contribution in [0.25, 0.3) is 0 Å². The maximum atomic E-state index is 3.82. The summed E-state index contributed by atoms with van der Waals surface area (Å²) in [5, 5.41) is 3.82. The Hall–Kier alpha value is -0.0400. The Balaban J connectivity index is 2.32. The Morgan fingerprint density at radius 3 is 1.78 bits per heavy atom. The van der Waals surface area contributed by atoms with Gasteiger partial charge in [0.15, 0.2) is 0 Å². The van der Waals surface area contributed by atoms with Gasteiger partial charge in [-0.15, -0.1) is 0 Å². The molecule has 0 atom stereocenters. The molecule has 0 amide bonds. The van der Waals surface area contributed by atoms with E-state index in [1.165, 1.54) is 45.1 Å². The van der Waals surface area contributed by atoms with Crippen LogP contribution in [0.4, 0.5) is 0 Å². The van der Waals surface area contributed by atoms with Crippen LogP contribution in [-0.2, 0) is 0 Å². The van der Waals surface area contributed by atoms with E-state index < -0.39 is 0 Å². The monoisotopic (exact) mass is 253 g/mol. The van der Waals surface area contributed by atoms with Gasteiger partial charge in [0.1, 0.15) is 0 Å². The lowest BCUT2D eigenvalue weighted by atomic mass is 9.70. The maximum Gasteiger partial charge on any atom is 0.0148 e. The Morgan fingerprint density at radius 2 is 1.39 bits per heavy atom. The average Bonchev–Trinajstić information content (AvgIpc) is 2.35. The molecule has 1 saturated carbocycles. The normalized spacial score (nSPS) is 26.3. The zero-order chi connectivity index (χ0) is 13.8. The fourth-order valence-electron chi connectivity index (χ4n) is 3.12. The molecule has 0 spiro atoms. The number of rotatable bonds is 5. The van der Waals surface area contributed by atoms with Gasteiger partial charge in [-0.25, -0.2) is 0 Å². The van der Waals surface area contributed by atoms with Crippen LogP contribution in [0.1, 0.15) is 80.1 Å². The van der Waals surface area contributed by atoms with Crippen LogP contribution in [0.3, 0.4) is 0 Å². The third-order valence-corrected chi connectivity index (χ3v) is 5.45. The van der Waals surface area contributed by atoms with E-state index in [9.17, 15) is 0 Å². The van der Waals surface area contributed by atoms with Crippen LogP contribution in [-0.4, -0.2) is 12.1 Å². The first kappa shape index (κ1) is 16.0. The molecule has 1 nitrogen and oxygen atoms in total. The summed E-state index contributed by atoms with van der Waals surface area (Å²) in [7, 11) is 0. The van der Waals surface area contributed by atoms with Crippen molar-refractivity contribution in [1.29, 1.82) is 0 Å². The van der Waals surface area contributed by atoms with Gasteiger partial charge in [-0.3, -0.25) is 0 Å². The molecule has 0 radical (unpaired) electrons. The van der Waals surface area contributed by atoms with Crippen molar-refractivity contribution in [2.75, 3.05) is 6.54 Å². The van der Waals surface area contributed by atoms with E-state index in [2.05, 4.69) is 46.9 Å². The number of hydrogen-bond donors (Lipinski definition) is 1. The van der Waals surface area contributed by atoms with E-state index >= 15 is 0 Å². The zero-order valence-electron chi connectivity index (χ0n) is 13.6. The summed E-state index contributed by atoms with van der Waals surface area (Å²) < 4.78 is 0. The molecular weight excluding hydrogens is 218 g/mol. The predicted octanol–water partition coefficient (Wildman–Crippen LogP) is 5.01. The van der Waals surface area contributed by atoms with Crippen LogP contribution in [0.15, 0.2) is 0 Å². The molecule has 0 heterocycles. The summed E-state index contributed by atoms with van der Waals surface area (Å²) in [6.45, 7) is 15.4. The molecule has 0 aromatic heterocycles. The molecule has 1 aliphatic carbocycles. The predicted molar refractivity (Wildman–Crippen MR) is 81.9 cm³/mol. The van der Waals surface area contributed by atoms with Crippen molar-refractivity contribution in [3.05, 3.63) is 0 Å². The lowest BCUT2D eigenvalue weighted by Crippen LogP contribution is -2.44. The first-order valence-electron chi connectivity index (χ1n) is 8.05. The van der Waals surface area contributed by atoms with E-state index in [1.807, 2.05) is 0 Å². The van der Waals surface area contributed by atoms with Crippen molar-refractivity contribution in [2.24, 2.45) is 17.3 Å². The molecular formula is C17H35N. The summed E-state index contributed by atoms with van der Waals surface area (Å²) in [4.78, 5) is 0. The highest BCUT2D eigenvalue weighted by Gasteiger charge is 2.30. The molecule has 1 heteroatoms. The first-order chi connectivity index (χ1) is 8.30. The SMILES string of the molecule is CCC(C)(CC)NCC1CCC(C(C)(C)C)CC1. The van der Waals surface area contributed by atoms with E-state index in [-0.39, 0.29) is 0 Å². The fraction of sp³-hybridized carbons (Fsp3) is 1.00. The van der Waals surface area contributed by atoms with Gasteiger partial charge < -0.3 is 5.32 Å². The smallest absolute Gasteiger partial charge is 0.0148 e. The molecule has 0 unspecified atom stereocenters. The average molecular weight is 253 g/mol. The van der Waals surface area contributed by atoms with Crippen LogP contribution in [0.2, 0.25) is 0 Å². The zero-order valence-corrected chi connectivity index (χ0v) is 13.6.